The Morgan fingerprint density at radius 2 is 2.32 bits per heavy atom. The van der Waals surface area contributed by atoms with Gasteiger partial charge in [-0.3, -0.25) is 4.79 Å². The summed E-state index contributed by atoms with van der Waals surface area (Å²) < 4.78 is 14.6. The van der Waals surface area contributed by atoms with Gasteiger partial charge in [0.1, 0.15) is 5.82 Å². The molecule has 1 aliphatic rings. The lowest BCUT2D eigenvalue weighted by Gasteiger charge is -2.05. The average molecular weight is 261 g/mol. The minimum absolute atomic E-state index is 0.0220. The predicted octanol–water partition coefficient (Wildman–Crippen LogP) is 0.828. The highest BCUT2D eigenvalue weighted by Gasteiger charge is 2.29. The fraction of sp³-hybridized carbons (Fsp3) is 0.333. The summed E-state index contributed by atoms with van der Waals surface area (Å²) in [5.41, 5.74) is 0.528. The van der Waals surface area contributed by atoms with Crippen molar-refractivity contribution in [3.8, 4) is 5.69 Å². The van der Waals surface area contributed by atoms with Crippen LogP contribution in [-0.4, -0.2) is 26.1 Å². The zero-order chi connectivity index (χ0) is 13.2. The Hall–Kier alpha value is -2.31. The summed E-state index contributed by atoms with van der Waals surface area (Å²) in [4.78, 5) is 11.6. The molecule has 0 radical (unpaired) electrons. The Balaban J connectivity index is 1.76. The summed E-state index contributed by atoms with van der Waals surface area (Å²) in [6.45, 7) is 0.235. The van der Waals surface area contributed by atoms with E-state index in [-0.39, 0.29) is 24.2 Å². The fourth-order valence-corrected chi connectivity index (χ4v) is 1.78. The van der Waals surface area contributed by atoms with Crippen LogP contribution in [0.3, 0.4) is 0 Å². The van der Waals surface area contributed by atoms with Crippen molar-refractivity contribution < 1.29 is 9.18 Å². The average Bonchev–Trinajstić information content (AvgIpc) is 3.15. The Kier molecular flexibility index (Phi) is 2.94. The van der Waals surface area contributed by atoms with Crippen molar-refractivity contribution >= 4 is 5.91 Å². The summed E-state index contributed by atoms with van der Waals surface area (Å²) in [5.74, 6) is 0.271. The standard InChI is InChI=1S/C12H12FN5O/c13-9-2-1-3-10(6-9)18-11(15-16-17-18)7-14-12(19)8-4-5-8/h1-3,6,8H,4-5,7H2,(H,14,19). The third-order valence-corrected chi connectivity index (χ3v) is 2.96. The van der Waals surface area contributed by atoms with Crippen molar-refractivity contribution in [1.29, 1.82) is 0 Å². The molecule has 0 saturated heterocycles. The van der Waals surface area contributed by atoms with E-state index in [0.29, 0.717) is 11.5 Å². The van der Waals surface area contributed by atoms with Crippen LogP contribution in [0, 0.1) is 11.7 Å². The van der Waals surface area contributed by atoms with Gasteiger partial charge in [-0.2, -0.15) is 4.68 Å². The first-order valence-electron chi connectivity index (χ1n) is 6.05. The van der Waals surface area contributed by atoms with E-state index in [1.807, 2.05) is 0 Å². The van der Waals surface area contributed by atoms with Crippen molar-refractivity contribution in [3.05, 3.63) is 35.9 Å². The van der Waals surface area contributed by atoms with Gasteiger partial charge in [-0.1, -0.05) is 6.07 Å². The van der Waals surface area contributed by atoms with Crippen LogP contribution in [0.4, 0.5) is 4.39 Å². The SMILES string of the molecule is O=C(NCc1nnnn1-c1cccc(F)c1)C1CC1. The third-order valence-electron chi connectivity index (χ3n) is 2.96. The number of hydrogen-bond donors (Lipinski definition) is 1. The maximum Gasteiger partial charge on any atom is 0.223 e. The van der Waals surface area contributed by atoms with Gasteiger partial charge in [-0.15, -0.1) is 5.10 Å². The van der Waals surface area contributed by atoms with E-state index in [1.165, 1.54) is 16.8 Å². The molecule has 0 atom stereocenters. The van der Waals surface area contributed by atoms with E-state index in [4.69, 9.17) is 0 Å². The molecule has 1 aromatic carbocycles. The molecule has 1 heterocycles. The number of aromatic nitrogens is 4. The number of amides is 1. The minimum Gasteiger partial charge on any atom is -0.348 e. The second kappa shape index (κ2) is 4.75. The van der Waals surface area contributed by atoms with E-state index < -0.39 is 0 Å². The summed E-state index contributed by atoms with van der Waals surface area (Å²) in [5, 5.41) is 14.0. The molecule has 19 heavy (non-hydrogen) atoms. The van der Waals surface area contributed by atoms with Gasteiger partial charge in [0.15, 0.2) is 5.82 Å². The van der Waals surface area contributed by atoms with Crippen molar-refractivity contribution in [3.63, 3.8) is 0 Å². The molecule has 7 heteroatoms. The fourth-order valence-electron chi connectivity index (χ4n) is 1.78. The highest BCUT2D eigenvalue weighted by Crippen LogP contribution is 2.28. The van der Waals surface area contributed by atoms with Gasteiger partial charge in [0, 0.05) is 5.92 Å². The first kappa shape index (κ1) is 11.8. The second-order valence-corrected chi connectivity index (χ2v) is 4.48. The largest absolute Gasteiger partial charge is 0.348 e. The van der Waals surface area contributed by atoms with Gasteiger partial charge in [-0.05, 0) is 41.5 Å². The number of tetrazole rings is 1. The predicted molar refractivity (Wildman–Crippen MR) is 63.7 cm³/mol. The summed E-state index contributed by atoms with van der Waals surface area (Å²) in [6, 6.07) is 5.97. The lowest BCUT2D eigenvalue weighted by molar-refractivity contribution is -0.122. The van der Waals surface area contributed by atoms with Crippen LogP contribution in [-0.2, 0) is 11.3 Å². The number of hydrogen-bond acceptors (Lipinski definition) is 4. The van der Waals surface area contributed by atoms with E-state index in [0.717, 1.165) is 12.8 Å². The molecule has 98 valence electrons. The van der Waals surface area contributed by atoms with Gasteiger partial charge in [0.25, 0.3) is 0 Å². The van der Waals surface area contributed by atoms with E-state index in [2.05, 4.69) is 20.8 Å². The third kappa shape index (κ3) is 2.59. The summed E-state index contributed by atoms with van der Waals surface area (Å²) in [7, 11) is 0. The normalized spacial score (nSPS) is 14.4. The van der Waals surface area contributed by atoms with Gasteiger partial charge >= 0.3 is 0 Å². The van der Waals surface area contributed by atoms with Crippen LogP contribution in [0.1, 0.15) is 18.7 Å². The number of benzene rings is 1. The van der Waals surface area contributed by atoms with Crippen molar-refractivity contribution in [2.75, 3.05) is 0 Å². The lowest BCUT2D eigenvalue weighted by Crippen LogP contribution is -2.26. The maximum absolute atomic E-state index is 13.2. The highest BCUT2D eigenvalue weighted by atomic mass is 19.1. The molecule has 0 unspecified atom stereocenters. The van der Waals surface area contributed by atoms with Gasteiger partial charge in [0.05, 0.1) is 12.2 Å². The number of carbonyl (C=O) groups is 1. The van der Waals surface area contributed by atoms with Crippen LogP contribution in [0.15, 0.2) is 24.3 Å². The monoisotopic (exact) mass is 261 g/mol. The van der Waals surface area contributed by atoms with Crippen molar-refractivity contribution in [2.45, 2.75) is 19.4 Å². The number of nitrogens with one attached hydrogen (secondary N) is 1. The Morgan fingerprint density at radius 1 is 1.47 bits per heavy atom. The zero-order valence-electron chi connectivity index (χ0n) is 10.1. The Bertz CT molecular complexity index is 608. The summed E-state index contributed by atoms with van der Waals surface area (Å²) >= 11 is 0. The number of nitrogens with zero attached hydrogens (tertiary/aromatic N) is 4. The highest BCUT2D eigenvalue weighted by molar-refractivity contribution is 5.80. The van der Waals surface area contributed by atoms with Crippen LogP contribution >= 0.6 is 0 Å². The molecule has 1 aliphatic carbocycles. The molecular formula is C12H12FN5O. The van der Waals surface area contributed by atoms with Crippen LogP contribution in [0.25, 0.3) is 5.69 Å². The van der Waals surface area contributed by atoms with Crippen molar-refractivity contribution in [1.82, 2.24) is 25.5 Å². The van der Waals surface area contributed by atoms with Crippen molar-refractivity contribution in [2.24, 2.45) is 5.92 Å². The van der Waals surface area contributed by atoms with E-state index in [1.54, 1.807) is 12.1 Å². The molecule has 3 rings (SSSR count). The van der Waals surface area contributed by atoms with Crippen LogP contribution in [0.2, 0.25) is 0 Å². The van der Waals surface area contributed by atoms with Gasteiger partial charge in [-0.25, -0.2) is 4.39 Å². The molecule has 1 aromatic heterocycles. The molecule has 6 nitrogen and oxygen atoms in total. The Morgan fingerprint density at radius 3 is 3.05 bits per heavy atom. The molecular weight excluding hydrogens is 249 g/mol. The number of carbonyl (C=O) groups excluding carboxylic acids is 1. The quantitative estimate of drug-likeness (QED) is 0.884. The topological polar surface area (TPSA) is 72.7 Å². The number of halogens is 1. The molecule has 1 saturated carbocycles. The summed E-state index contributed by atoms with van der Waals surface area (Å²) in [6.07, 6.45) is 1.89. The molecule has 1 amide bonds. The van der Waals surface area contributed by atoms with Gasteiger partial charge in [0.2, 0.25) is 5.91 Å². The zero-order valence-corrected chi connectivity index (χ0v) is 10.1. The van der Waals surface area contributed by atoms with E-state index in [9.17, 15) is 9.18 Å². The molecule has 0 spiro atoms. The smallest absolute Gasteiger partial charge is 0.223 e. The van der Waals surface area contributed by atoms with Crippen LogP contribution < -0.4 is 5.32 Å². The molecule has 1 N–H and O–H groups in total. The lowest BCUT2D eigenvalue weighted by atomic mass is 10.3. The first-order valence-corrected chi connectivity index (χ1v) is 6.05. The minimum atomic E-state index is -0.360. The first-order chi connectivity index (χ1) is 9.24. The molecule has 0 aliphatic heterocycles. The van der Waals surface area contributed by atoms with Gasteiger partial charge < -0.3 is 5.32 Å². The molecule has 1 fully saturated rings. The Labute approximate surface area is 108 Å². The van der Waals surface area contributed by atoms with E-state index >= 15 is 0 Å². The second-order valence-electron chi connectivity index (χ2n) is 4.48. The van der Waals surface area contributed by atoms with Crippen LogP contribution in [0.5, 0.6) is 0 Å². The maximum atomic E-state index is 13.2. The molecule has 0 bridgehead atoms. The number of rotatable bonds is 4. The molecule has 2 aromatic rings.